The van der Waals surface area contributed by atoms with Gasteiger partial charge in [-0.05, 0) is 34.1 Å². The Kier molecular flexibility index (Phi) is 3.79. The molecule has 2 aromatic rings. The van der Waals surface area contributed by atoms with Crippen LogP contribution in [-0.2, 0) is 0 Å². The summed E-state index contributed by atoms with van der Waals surface area (Å²) in [6.45, 7) is 0. The highest BCUT2D eigenvalue weighted by atomic mass is 79.9. The van der Waals surface area contributed by atoms with Gasteiger partial charge in [-0.15, -0.1) is 0 Å². The molecule has 100 valence electrons. The van der Waals surface area contributed by atoms with Crippen LogP contribution in [0, 0.1) is 17.5 Å². The van der Waals surface area contributed by atoms with Crippen LogP contribution in [-0.4, -0.2) is 6.03 Å². The fourth-order valence-corrected chi connectivity index (χ4v) is 1.58. The smallest absolute Gasteiger partial charge is 0.326 e. The maximum atomic E-state index is 13.3. The summed E-state index contributed by atoms with van der Waals surface area (Å²) >= 11 is 3.03. The summed E-state index contributed by atoms with van der Waals surface area (Å²) in [5.74, 6) is -4.36. The van der Waals surface area contributed by atoms with Crippen molar-refractivity contribution in [3.05, 3.63) is 46.4 Å². The first kappa shape index (κ1) is 13.5. The molecule has 0 radical (unpaired) electrons. The second-order valence-corrected chi connectivity index (χ2v) is 4.19. The Bertz CT molecular complexity index is 630. The van der Waals surface area contributed by atoms with Crippen molar-refractivity contribution in [2.75, 3.05) is 10.6 Å². The number of anilines is 2. The number of furan rings is 1. The third kappa shape index (κ3) is 3.08. The Morgan fingerprint density at radius 2 is 1.79 bits per heavy atom. The lowest BCUT2D eigenvalue weighted by Crippen LogP contribution is -2.20. The third-order valence-electron chi connectivity index (χ3n) is 2.09. The number of rotatable bonds is 2. The fraction of sp³-hybridized carbons (Fsp3) is 0. The highest BCUT2D eigenvalue weighted by molar-refractivity contribution is 9.10. The lowest BCUT2D eigenvalue weighted by Gasteiger charge is -2.07. The van der Waals surface area contributed by atoms with Gasteiger partial charge in [-0.2, -0.15) is 0 Å². The first-order valence-corrected chi connectivity index (χ1v) is 5.73. The van der Waals surface area contributed by atoms with Gasteiger partial charge in [0.1, 0.15) is 0 Å². The molecule has 0 unspecified atom stereocenters. The molecule has 0 aliphatic rings. The minimum absolute atomic E-state index is 0.104. The van der Waals surface area contributed by atoms with Crippen molar-refractivity contribution in [2.45, 2.75) is 0 Å². The van der Waals surface area contributed by atoms with E-state index in [1.807, 2.05) is 5.32 Å². The molecule has 0 saturated heterocycles. The molecule has 1 heterocycles. The topological polar surface area (TPSA) is 54.3 Å². The molecule has 0 spiro atoms. The zero-order valence-corrected chi connectivity index (χ0v) is 10.7. The molecule has 0 aliphatic heterocycles. The van der Waals surface area contributed by atoms with E-state index >= 15 is 0 Å². The van der Waals surface area contributed by atoms with Crippen LogP contribution in [0.4, 0.5) is 29.5 Å². The zero-order valence-electron chi connectivity index (χ0n) is 9.14. The summed E-state index contributed by atoms with van der Waals surface area (Å²) in [6.07, 6.45) is 0. The van der Waals surface area contributed by atoms with Crippen LogP contribution < -0.4 is 10.6 Å². The number of nitrogens with one attached hydrogen (secondary N) is 2. The first-order chi connectivity index (χ1) is 8.97. The van der Waals surface area contributed by atoms with E-state index in [0.29, 0.717) is 10.7 Å². The van der Waals surface area contributed by atoms with Crippen LogP contribution in [0.15, 0.2) is 33.4 Å². The zero-order chi connectivity index (χ0) is 14.0. The Morgan fingerprint density at radius 1 is 1.05 bits per heavy atom. The van der Waals surface area contributed by atoms with Crippen LogP contribution in [0.25, 0.3) is 0 Å². The Hall–Kier alpha value is -1.96. The number of amides is 2. The Balaban J connectivity index is 2.09. The minimum atomic E-state index is -1.65. The third-order valence-corrected chi connectivity index (χ3v) is 2.52. The van der Waals surface area contributed by atoms with Gasteiger partial charge in [-0.1, -0.05) is 0 Å². The molecule has 1 aromatic carbocycles. The molecule has 2 N–H and O–H groups in total. The fourth-order valence-electron chi connectivity index (χ4n) is 1.27. The van der Waals surface area contributed by atoms with E-state index in [1.54, 1.807) is 0 Å². The van der Waals surface area contributed by atoms with E-state index in [2.05, 4.69) is 21.2 Å². The number of carbonyl (C=O) groups excluding carboxylic acids is 1. The van der Waals surface area contributed by atoms with Gasteiger partial charge in [0.15, 0.2) is 22.1 Å². The summed E-state index contributed by atoms with van der Waals surface area (Å²) in [5.41, 5.74) is -0.484. The van der Waals surface area contributed by atoms with Crippen molar-refractivity contribution < 1.29 is 22.4 Å². The van der Waals surface area contributed by atoms with Gasteiger partial charge in [0, 0.05) is 6.07 Å². The van der Waals surface area contributed by atoms with E-state index < -0.39 is 29.2 Å². The Morgan fingerprint density at radius 3 is 2.42 bits per heavy atom. The molecule has 0 fully saturated rings. The molecule has 0 atom stereocenters. The highest BCUT2D eigenvalue weighted by Gasteiger charge is 2.15. The minimum Gasteiger partial charge on any atom is -0.434 e. The number of benzene rings is 1. The highest BCUT2D eigenvalue weighted by Crippen LogP contribution is 2.21. The predicted octanol–water partition coefficient (Wildman–Crippen LogP) is 4.10. The van der Waals surface area contributed by atoms with E-state index in [9.17, 15) is 18.0 Å². The average Bonchev–Trinajstić information content (AvgIpc) is 2.75. The van der Waals surface area contributed by atoms with Crippen molar-refractivity contribution in [1.29, 1.82) is 0 Å². The van der Waals surface area contributed by atoms with Gasteiger partial charge < -0.3 is 9.73 Å². The van der Waals surface area contributed by atoms with E-state index in [4.69, 9.17) is 4.42 Å². The van der Waals surface area contributed by atoms with Crippen LogP contribution >= 0.6 is 15.9 Å². The monoisotopic (exact) mass is 334 g/mol. The standard InChI is InChI=1S/C11H6BrF3N2O2/c12-7-3-4-8(19-7)17-11(18)16-6-2-1-5(13)9(14)10(6)15/h1-4H,(H2,16,17,18). The number of halogens is 4. The lowest BCUT2D eigenvalue weighted by molar-refractivity contribution is 0.261. The average molecular weight is 335 g/mol. The molecular weight excluding hydrogens is 329 g/mol. The van der Waals surface area contributed by atoms with Crippen molar-refractivity contribution in [3.8, 4) is 0 Å². The molecule has 0 saturated carbocycles. The molecule has 19 heavy (non-hydrogen) atoms. The molecule has 0 bridgehead atoms. The molecule has 8 heteroatoms. The molecule has 4 nitrogen and oxygen atoms in total. The predicted molar refractivity (Wildman–Crippen MR) is 65.4 cm³/mol. The molecule has 2 rings (SSSR count). The molecular formula is C11H6BrF3N2O2. The second-order valence-electron chi connectivity index (χ2n) is 3.41. The maximum absolute atomic E-state index is 13.3. The van der Waals surface area contributed by atoms with Crippen LogP contribution in [0.2, 0.25) is 0 Å². The Labute approximate surface area is 113 Å². The summed E-state index contributed by atoms with van der Waals surface area (Å²) in [7, 11) is 0. The summed E-state index contributed by atoms with van der Waals surface area (Å²) in [6, 6.07) is 3.74. The largest absolute Gasteiger partial charge is 0.434 e. The number of hydrogen-bond donors (Lipinski definition) is 2. The van der Waals surface area contributed by atoms with Gasteiger partial charge >= 0.3 is 6.03 Å². The van der Waals surface area contributed by atoms with E-state index in [1.165, 1.54) is 12.1 Å². The SMILES string of the molecule is O=C(Nc1ccc(Br)o1)Nc1ccc(F)c(F)c1F. The second kappa shape index (κ2) is 5.35. The summed E-state index contributed by atoms with van der Waals surface area (Å²) in [4.78, 5) is 11.5. The lowest BCUT2D eigenvalue weighted by atomic mass is 10.3. The maximum Gasteiger partial charge on any atom is 0.326 e. The van der Waals surface area contributed by atoms with Crippen LogP contribution in [0.1, 0.15) is 0 Å². The van der Waals surface area contributed by atoms with Gasteiger partial charge in [0.25, 0.3) is 0 Å². The van der Waals surface area contributed by atoms with Gasteiger partial charge in [0.05, 0.1) is 5.69 Å². The summed E-state index contributed by atoms with van der Waals surface area (Å²) in [5, 5.41) is 4.27. The molecule has 1 aromatic heterocycles. The van der Waals surface area contributed by atoms with Gasteiger partial charge in [-0.25, -0.2) is 18.0 Å². The molecule has 0 aliphatic carbocycles. The van der Waals surface area contributed by atoms with Crippen molar-refractivity contribution in [2.24, 2.45) is 0 Å². The number of hydrogen-bond acceptors (Lipinski definition) is 2. The van der Waals surface area contributed by atoms with E-state index in [-0.39, 0.29) is 5.88 Å². The van der Waals surface area contributed by atoms with Crippen LogP contribution in [0.3, 0.4) is 0 Å². The van der Waals surface area contributed by atoms with Gasteiger partial charge in [-0.3, -0.25) is 5.32 Å². The normalized spacial score (nSPS) is 10.3. The van der Waals surface area contributed by atoms with E-state index in [0.717, 1.165) is 6.07 Å². The molecule has 2 amide bonds. The quantitative estimate of drug-likeness (QED) is 0.812. The summed E-state index contributed by atoms with van der Waals surface area (Å²) < 4.78 is 44.3. The number of carbonyl (C=O) groups is 1. The van der Waals surface area contributed by atoms with Crippen molar-refractivity contribution in [1.82, 2.24) is 0 Å². The van der Waals surface area contributed by atoms with Crippen LogP contribution in [0.5, 0.6) is 0 Å². The number of urea groups is 1. The first-order valence-electron chi connectivity index (χ1n) is 4.94. The van der Waals surface area contributed by atoms with Crippen molar-refractivity contribution >= 4 is 33.5 Å². The van der Waals surface area contributed by atoms with Gasteiger partial charge in [0.2, 0.25) is 5.88 Å². The van der Waals surface area contributed by atoms with Crippen molar-refractivity contribution in [3.63, 3.8) is 0 Å².